The van der Waals surface area contributed by atoms with Crippen LogP contribution in [0.2, 0.25) is 0 Å². The van der Waals surface area contributed by atoms with E-state index in [-0.39, 0.29) is 11.5 Å². The third-order valence-electron chi connectivity index (χ3n) is 2.93. The van der Waals surface area contributed by atoms with Gasteiger partial charge in [-0.15, -0.1) is 0 Å². The highest BCUT2D eigenvalue weighted by Crippen LogP contribution is 2.29. The van der Waals surface area contributed by atoms with Crippen LogP contribution in [0, 0.1) is 6.92 Å². The first-order valence-corrected chi connectivity index (χ1v) is 6.37. The maximum absolute atomic E-state index is 12.4. The van der Waals surface area contributed by atoms with E-state index in [1.807, 2.05) is 19.1 Å². The number of alkyl halides is 2. The number of nitrogens with zero attached hydrogens (tertiary/aromatic N) is 1. The fraction of sp³-hybridized carbons (Fsp3) is 0.267. The fourth-order valence-corrected chi connectivity index (χ4v) is 1.89. The number of aromatic nitrogens is 1. The molecule has 0 radical (unpaired) electrons. The molecule has 1 aromatic heterocycles. The van der Waals surface area contributed by atoms with Crippen LogP contribution in [0.15, 0.2) is 36.5 Å². The van der Waals surface area contributed by atoms with Gasteiger partial charge in [0.15, 0.2) is 11.5 Å². The Morgan fingerprint density at radius 3 is 2.71 bits per heavy atom. The van der Waals surface area contributed by atoms with Crippen molar-refractivity contribution >= 4 is 5.69 Å². The van der Waals surface area contributed by atoms with Crippen molar-refractivity contribution in [3.8, 4) is 11.5 Å². The monoisotopic (exact) mass is 294 g/mol. The Bertz CT molecular complexity index is 606. The van der Waals surface area contributed by atoms with Gasteiger partial charge in [-0.2, -0.15) is 8.78 Å². The van der Waals surface area contributed by atoms with Crippen LogP contribution in [0.25, 0.3) is 0 Å². The topological polar surface area (TPSA) is 43.4 Å². The SMILES string of the molecule is COc1ccc(CNc2cccnc2C)cc1OC(F)F. The molecule has 1 N–H and O–H groups in total. The number of rotatable bonds is 6. The predicted octanol–water partition coefficient (Wildman–Crippen LogP) is 3.61. The van der Waals surface area contributed by atoms with Crippen LogP contribution in [0.3, 0.4) is 0 Å². The van der Waals surface area contributed by atoms with Crippen molar-refractivity contribution in [2.75, 3.05) is 12.4 Å². The maximum Gasteiger partial charge on any atom is 0.387 e. The summed E-state index contributed by atoms with van der Waals surface area (Å²) in [7, 11) is 1.41. The minimum absolute atomic E-state index is 0.0229. The van der Waals surface area contributed by atoms with Crippen molar-refractivity contribution in [3.63, 3.8) is 0 Å². The molecule has 0 unspecified atom stereocenters. The van der Waals surface area contributed by atoms with Crippen LogP contribution in [-0.2, 0) is 6.54 Å². The van der Waals surface area contributed by atoms with Crippen LogP contribution in [-0.4, -0.2) is 18.7 Å². The van der Waals surface area contributed by atoms with Crippen molar-refractivity contribution in [2.24, 2.45) is 0 Å². The molecule has 0 aliphatic carbocycles. The molecule has 0 aliphatic heterocycles. The minimum Gasteiger partial charge on any atom is -0.493 e. The Morgan fingerprint density at radius 1 is 1.24 bits per heavy atom. The molecule has 1 heterocycles. The summed E-state index contributed by atoms with van der Waals surface area (Å²) in [6.45, 7) is -0.527. The second kappa shape index (κ2) is 6.88. The van der Waals surface area contributed by atoms with Crippen molar-refractivity contribution in [1.82, 2.24) is 4.98 Å². The first kappa shape index (κ1) is 15.0. The number of hydrogen-bond donors (Lipinski definition) is 1. The van der Waals surface area contributed by atoms with Crippen molar-refractivity contribution < 1.29 is 18.3 Å². The van der Waals surface area contributed by atoms with E-state index in [1.54, 1.807) is 18.3 Å². The van der Waals surface area contributed by atoms with E-state index in [4.69, 9.17) is 4.74 Å². The number of halogens is 2. The Morgan fingerprint density at radius 2 is 2.05 bits per heavy atom. The third kappa shape index (κ3) is 4.05. The highest BCUT2D eigenvalue weighted by Gasteiger charge is 2.11. The lowest BCUT2D eigenvalue weighted by Gasteiger charge is -2.13. The Kier molecular flexibility index (Phi) is 4.92. The summed E-state index contributed by atoms with van der Waals surface area (Å²) >= 11 is 0. The van der Waals surface area contributed by atoms with Crippen molar-refractivity contribution in [1.29, 1.82) is 0 Å². The average Bonchev–Trinajstić information content (AvgIpc) is 2.46. The van der Waals surface area contributed by atoms with Gasteiger partial charge in [0.05, 0.1) is 18.5 Å². The second-order valence-electron chi connectivity index (χ2n) is 4.35. The summed E-state index contributed by atoms with van der Waals surface area (Å²) in [6, 6.07) is 8.65. The predicted molar refractivity (Wildman–Crippen MR) is 75.9 cm³/mol. The van der Waals surface area contributed by atoms with Gasteiger partial charge >= 0.3 is 6.61 Å². The van der Waals surface area contributed by atoms with Gasteiger partial charge in [0.25, 0.3) is 0 Å². The zero-order valence-electron chi connectivity index (χ0n) is 11.8. The molecule has 6 heteroatoms. The number of ether oxygens (including phenoxy) is 2. The van der Waals surface area contributed by atoms with Gasteiger partial charge in [-0.3, -0.25) is 4.98 Å². The van der Waals surface area contributed by atoms with Crippen LogP contribution in [0.1, 0.15) is 11.3 Å². The molecule has 0 atom stereocenters. The third-order valence-corrected chi connectivity index (χ3v) is 2.93. The number of anilines is 1. The van der Waals surface area contributed by atoms with Crippen molar-refractivity contribution in [2.45, 2.75) is 20.1 Å². The van der Waals surface area contributed by atoms with E-state index < -0.39 is 6.61 Å². The normalized spacial score (nSPS) is 10.5. The summed E-state index contributed by atoms with van der Waals surface area (Å²) in [5, 5.41) is 3.20. The summed E-state index contributed by atoms with van der Waals surface area (Å²) < 4.78 is 34.2. The summed E-state index contributed by atoms with van der Waals surface area (Å²) in [6.07, 6.45) is 1.71. The highest BCUT2D eigenvalue weighted by atomic mass is 19.3. The van der Waals surface area contributed by atoms with Gasteiger partial charge < -0.3 is 14.8 Å². The standard InChI is InChI=1S/C15H16F2N2O2/c1-10-12(4-3-7-18-10)19-9-11-5-6-13(20-2)14(8-11)21-15(16)17/h3-8,15,19H,9H2,1-2H3. The molecule has 21 heavy (non-hydrogen) atoms. The van der Waals surface area contributed by atoms with E-state index in [1.165, 1.54) is 13.2 Å². The molecule has 0 saturated carbocycles. The maximum atomic E-state index is 12.4. The molecule has 0 spiro atoms. The molecule has 112 valence electrons. The average molecular weight is 294 g/mol. The zero-order valence-corrected chi connectivity index (χ0v) is 11.8. The lowest BCUT2D eigenvalue weighted by Crippen LogP contribution is -2.06. The van der Waals surface area contributed by atoms with Crippen LogP contribution in [0.4, 0.5) is 14.5 Å². The largest absolute Gasteiger partial charge is 0.493 e. The number of hydrogen-bond acceptors (Lipinski definition) is 4. The van der Waals surface area contributed by atoms with E-state index in [9.17, 15) is 8.78 Å². The van der Waals surface area contributed by atoms with Crippen LogP contribution in [0.5, 0.6) is 11.5 Å². The smallest absolute Gasteiger partial charge is 0.387 e. The van der Waals surface area contributed by atoms with E-state index in [0.29, 0.717) is 6.54 Å². The lowest BCUT2D eigenvalue weighted by molar-refractivity contribution is -0.0512. The van der Waals surface area contributed by atoms with Gasteiger partial charge in [-0.25, -0.2) is 0 Å². The van der Waals surface area contributed by atoms with E-state index >= 15 is 0 Å². The Hall–Kier alpha value is -2.37. The summed E-state index contributed by atoms with van der Waals surface area (Å²) in [5.74, 6) is 0.298. The van der Waals surface area contributed by atoms with Gasteiger partial charge in [0.1, 0.15) is 0 Å². The first-order chi connectivity index (χ1) is 10.1. The number of aryl methyl sites for hydroxylation is 1. The van der Waals surface area contributed by atoms with Gasteiger partial charge in [0.2, 0.25) is 0 Å². The summed E-state index contributed by atoms with van der Waals surface area (Å²) in [4.78, 5) is 4.17. The van der Waals surface area contributed by atoms with Gasteiger partial charge in [0, 0.05) is 12.7 Å². The van der Waals surface area contributed by atoms with Gasteiger partial charge in [-0.05, 0) is 36.8 Å². The van der Waals surface area contributed by atoms with E-state index in [0.717, 1.165) is 16.9 Å². The van der Waals surface area contributed by atoms with Gasteiger partial charge in [-0.1, -0.05) is 6.07 Å². The molecule has 0 amide bonds. The summed E-state index contributed by atoms with van der Waals surface area (Å²) in [5.41, 5.74) is 2.56. The Labute approximate surface area is 121 Å². The van der Waals surface area contributed by atoms with E-state index in [2.05, 4.69) is 15.0 Å². The van der Waals surface area contributed by atoms with Crippen molar-refractivity contribution in [3.05, 3.63) is 47.8 Å². The molecule has 1 aromatic carbocycles. The molecular weight excluding hydrogens is 278 g/mol. The van der Waals surface area contributed by atoms with Crippen LogP contribution >= 0.6 is 0 Å². The Balaban J connectivity index is 2.12. The number of benzene rings is 1. The molecule has 0 bridgehead atoms. The number of nitrogens with one attached hydrogen (secondary N) is 1. The molecule has 0 saturated heterocycles. The molecule has 0 fully saturated rings. The number of pyridine rings is 1. The number of methoxy groups -OCH3 is 1. The zero-order chi connectivity index (χ0) is 15.2. The molecular formula is C15H16F2N2O2. The molecule has 2 aromatic rings. The molecule has 0 aliphatic rings. The fourth-order valence-electron chi connectivity index (χ4n) is 1.89. The lowest BCUT2D eigenvalue weighted by atomic mass is 10.2. The molecule has 4 nitrogen and oxygen atoms in total. The highest BCUT2D eigenvalue weighted by molar-refractivity contribution is 5.48. The first-order valence-electron chi connectivity index (χ1n) is 6.37. The van der Waals surface area contributed by atoms with Crippen LogP contribution < -0.4 is 14.8 Å². The quantitative estimate of drug-likeness (QED) is 0.884. The molecule has 2 rings (SSSR count). The minimum atomic E-state index is -2.89. The second-order valence-corrected chi connectivity index (χ2v) is 4.35.